The first-order chi connectivity index (χ1) is 22.0. The van der Waals surface area contributed by atoms with Crippen LogP contribution in [0.25, 0.3) is 0 Å². The highest BCUT2D eigenvalue weighted by Gasteiger charge is 2.19. The molecule has 0 radical (unpaired) electrons. The number of carbonyl (C=O) groups excluding carboxylic acids is 2. The number of ketones is 2. The molecule has 1 atom stereocenters. The number of carboxylic acids is 1. The number of rotatable bonds is 19. The van der Waals surface area contributed by atoms with E-state index in [2.05, 4.69) is 35.6 Å². The fourth-order valence-corrected chi connectivity index (χ4v) is 4.65. The topological polar surface area (TPSA) is 174 Å². The highest BCUT2D eigenvalue weighted by atomic mass is 16.5. The molecular formula is C36H47NO9. The second kappa shape index (κ2) is 20.8. The van der Waals surface area contributed by atoms with Gasteiger partial charge in [-0.15, -0.1) is 0 Å². The maximum absolute atomic E-state index is 11.2. The van der Waals surface area contributed by atoms with Gasteiger partial charge in [-0.3, -0.25) is 9.59 Å². The standard InChI is InChI=1S/C25H37NO4.C11H10O5/c27-20-23-18-22(13-14-24(23)28)25(29)19-26-15-7-1-2-8-16-30-17-9-6-12-21-10-4-3-5-11-21;1-5(12)7-3-8(6(2)13)10(14)9(4-7)11(15)16/h3-5,10-11,13-14,18,25-29H,1-2,6-9,12,15-17,19-20H2;3-4,14H,1-2H3,(H,15,16). The maximum atomic E-state index is 11.2. The summed E-state index contributed by atoms with van der Waals surface area (Å²) in [4.78, 5) is 33.1. The van der Waals surface area contributed by atoms with E-state index in [1.807, 2.05) is 0 Å². The Morgan fingerprint density at radius 1 is 0.804 bits per heavy atom. The monoisotopic (exact) mass is 637 g/mol. The van der Waals surface area contributed by atoms with Crippen LogP contribution in [0, 0.1) is 0 Å². The Morgan fingerprint density at radius 2 is 1.46 bits per heavy atom. The van der Waals surface area contributed by atoms with Crippen LogP contribution in [0.4, 0.5) is 0 Å². The maximum Gasteiger partial charge on any atom is 0.339 e. The Labute approximate surface area is 270 Å². The molecular weight excluding hydrogens is 590 g/mol. The van der Waals surface area contributed by atoms with Crippen LogP contribution < -0.4 is 5.32 Å². The van der Waals surface area contributed by atoms with Gasteiger partial charge in [0.2, 0.25) is 0 Å². The molecule has 10 heteroatoms. The van der Waals surface area contributed by atoms with Crippen LogP contribution in [-0.4, -0.2) is 69.4 Å². The average molecular weight is 638 g/mol. The normalized spacial score (nSPS) is 11.4. The first kappa shape index (κ1) is 38.1. The van der Waals surface area contributed by atoms with Crippen molar-refractivity contribution in [1.29, 1.82) is 0 Å². The summed E-state index contributed by atoms with van der Waals surface area (Å²) < 4.78 is 5.72. The van der Waals surface area contributed by atoms with Crippen LogP contribution in [0.5, 0.6) is 11.5 Å². The molecule has 0 spiro atoms. The fourth-order valence-electron chi connectivity index (χ4n) is 4.65. The molecule has 0 amide bonds. The van der Waals surface area contributed by atoms with E-state index in [1.165, 1.54) is 38.0 Å². The summed E-state index contributed by atoms with van der Waals surface area (Å²) in [5, 5.41) is 50.6. The highest BCUT2D eigenvalue weighted by molar-refractivity contribution is 6.06. The van der Waals surface area contributed by atoms with Crippen molar-refractivity contribution in [3.8, 4) is 11.5 Å². The highest BCUT2D eigenvalue weighted by Crippen LogP contribution is 2.26. The lowest BCUT2D eigenvalue weighted by molar-refractivity contribution is 0.0693. The van der Waals surface area contributed by atoms with Gasteiger partial charge >= 0.3 is 5.97 Å². The van der Waals surface area contributed by atoms with Gasteiger partial charge < -0.3 is 35.6 Å². The minimum Gasteiger partial charge on any atom is -0.508 e. The zero-order valence-electron chi connectivity index (χ0n) is 26.7. The number of aromatic carboxylic acids is 1. The largest absolute Gasteiger partial charge is 0.508 e. The molecule has 0 aliphatic heterocycles. The van der Waals surface area contributed by atoms with Crippen molar-refractivity contribution in [1.82, 2.24) is 5.32 Å². The number of phenols is 2. The second-order valence-corrected chi connectivity index (χ2v) is 11.1. The Hall–Kier alpha value is -4.09. The van der Waals surface area contributed by atoms with Crippen molar-refractivity contribution in [2.75, 3.05) is 26.3 Å². The van der Waals surface area contributed by atoms with E-state index in [9.17, 15) is 34.8 Å². The van der Waals surface area contributed by atoms with E-state index in [0.717, 1.165) is 64.3 Å². The predicted molar refractivity (Wildman–Crippen MR) is 176 cm³/mol. The number of carbonyl (C=O) groups is 3. The summed E-state index contributed by atoms with van der Waals surface area (Å²) in [5.41, 5.74) is 2.01. The molecule has 46 heavy (non-hydrogen) atoms. The van der Waals surface area contributed by atoms with Gasteiger partial charge in [-0.25, -0.2) is 4.79 Å². The Morgan fingerprint density at radius 3 is 2.09 bits per heavy atom. The molecule has 0 saturated heterocycles. The minimum atomic E-state index is -1.39. The summed E-state index contributed by atoms with van der Waals surface area (Å²) in [6, 6.07) is 17.7. The zero-order chi connectivity index (χ0) is 33.9. The van der Waals surface area contributed by atoms with Gasteiger partial charge in [0.1, 0.15) is 17.1 Å². The van der Waals surface area contributed by atoms with Crippen LogP contribution in [0.1, 0.15) is 106 Å². The Balaban J connectivity index is 0.000000387. The van der Waals surface area contributed by atoms with Crippen molar-refractivity contribution in [3.63, 3.8) is 0 Å². The van der Waals surface area contributed by atoms with E-state index in [-0.39, 0.29) is 29.3 Å². The van der Waals surface area contributed by atoms with Gasteiger partial charge in [0.15, 0.2) is 11.6 Å². The third-order valence-corrected chi connectivity index (χ3v) is 7.36. The fraction of sp³-hybridized carbons (Fsp3) is 0.417. The molecule has 0 saturated carbocycles. The van der Waals surface area contributed by atoms with Crippen LogP contribution in [0.15, 0.2) is 60.7 Å². The summed E-state index contributed by atoms with van der Waals surface area (Å²) in [7, 11) is 0. The van der Waals surface area contributed by atoms with Crippen molar-refractivity contribution in [2.45, 2.75) is 71.5 Å². The smallest absolute Gasteiger partial charge is 0.339 e. The molecule has 0 fully saturated rings. The van der Waals surface area contributed by atoms with Crippen molar-refractivity contribution >= 4 is 17.5 Å². The molecule has 0 heterocycles. The molecule has 0 aromatic heterocycles. The van der Waals surface area contributed by atoms with E-state index in [0.29, 0.717) is 17.7 Å². The quantitative estimate of drug-likeness (QED) is 0.0717. The van der Waals surface area contributed by atoms with Crippen molar-refractivity contribution < 1.29 is 44.7 Å². The van der Waals surface area contributed by atoms with Gasteiger partial charge in [0.25, 0.3) is 0 Å². The van der Waals surface area contributed by atoms with Gasteiger partial charge in [-0.05, 0) is 87.9 Å². The molecule has 3 aromatic carbocycles. The molecule has 6 N–H and O–H groups in total. The number of benzene rings is 3. The van der Waals surface area contributed by atoms with E-state index < -0.39 is 29.2 Å². The Kier molecular flexibility index (Phi) is 17.3. The lowest BCUT2D eigenvalue weighted by Crippen LogP contribution is -2.22. The number of Topliss-reactive ketones (excluding diaryl/α,β-unsaturated/α-hetero) is 2. The minimum absolute atomic E-state index is 0.0533. The van der Waals surface area contributed by atoms with Gasteiger partial charge in [0.05, 0.1) is 18.3 Å². The molecule has 0 bridgehead atoms. The van der Waals surface area contributed by atoms with E-state index in [1.54, 1.807) is 12.1 Å². The molecule has 250 valence electrons. The van der Waals surface area contributed by atoms with E-state index in [4.69, 9.17) is 9.84 Å². The molecule has 0 aliphatic carbocycles. The van der Waals surface area contributed by atoms with Gasteiger partial charge in [-0.2, -0.15) is 0 Å². The molecule has 0 aliphatic rings. The third kappa shape index (κ3) is 13.5. The Bertz CT molecular complexity index is 1360. The molecule has 3 aromatic rings. The lowest BCUT2D eigenvalue weighted by atomic mass is 10.00. The van der Waals surface area contributed by atoms with Crippen molar-refractivity contribution in [3.05, 3.63) is 94.0 Å². The first-order valence-electron chi connectivity index (χ1n) is 15.6. The van der Waals surface area contributed by atoms with E-state index >= 15 is 0 Å². The van der Waals surface area contributed by atoms with Crippen LogP contribution >= 0.6 is 0 Å². The zero-order valence-corrected chi connectivity index (χ0v) is 26.7. The predicted octanol–water partition coefficient (Wildman–Crippen LogP) is 5.60. The summed E-state index contributed by atoms with van der Waals surface area (Å²) in [5.74, 6) is -2.81. The van der Waals surface area contributed by atoms with Gasteiger partial charge in [0, 0.05) is 30.9 Å². The first-order valence-corrected chi connectivity index (χ1v) is 15.6. The number of aromatic hydroxyl groups is 2. The number of carboxylic acid groups (broad SMARTS) is 1. The number of hydrogen-bond acceptors (Lipinski definition) is 9. The number of ether oxygens (including phenoxy) is 1. The number of aryl methyl sites for hydroxylation is 1. The summed E-state index contributed by atoms with van der Waals surface area (Å²) in [6.45, 7) is 5.21. The van der Waals surface area contributed by atoms with Crippen LogP contribution in [0.3, 0.4) is 0 Å². The molecule has 10 nitrogen and oxygen atoms in total. The SMILES string of the molecule is CC(=O)c1cc(C(C)=O)c(O)c(C(=O)O)c1.OCc1cc(C(O)CNCCCCCCOCCCCc2ccccc2)ccc1O. The second-order valence-electron chi connectivity index (χ2n) is 11.1. The summed E-state index contributed by atoms with van der Waals surface area (Å²) in [6.07, 6.45) is 7.24. The van der Waals surface area contributed by atoms with Crippen molar-refractivity contribution in [2.24, 2.45) is 0 Å². The number of hydrogen-bond donors (Lipinski definition) is 6. The lowest BCUT2D eigenvalue weighted by Gasteiger charge is -2.14. The van der Waals surface area contributed by atoms with Crippen LogP contribution in [-0.2, 0) is 17.8 Å². The molecule has 1 unspecified atom stereocenters. The van der Waals surface area contributed by atoms with Crippen LogP contribution in [0.2, 0.25) is 0 Å². The number of aliphatic hydroxyl groups is 2. The third-order valence-electron chi connectivity index (χ3n) is 7.36. The number of nitrogens with one attached hydrogen (secondary N) is 1. The van der Waals surface area contributed by atoms with Gasteiger partial charge in [-0.1, -0.05) is 49.2 Å². The number of unbranched alkanes of at least 4 members (excludes halogenated alkanes) is 4. The summed E-state index contributed by atoms with van der Waals surface area (Å²) >= 11 is 0. The average Bonchev–Trinajstić information content (AvgIpc) is 3.03. The number of aliphatic hydroxyl groups excluding tert-OH is 2. The molecule has 3 rings (SSSR count).